The summed E-state index contributed by atoms with van der Waals surface area (Å²) in [5.41, 5.74) is 0.222. The van der Waals surface area contributed by atoms with Gasteiger partial charge in [-0.1, -0.05) is 60.1 Å². The number of halogens is 1. The monoisotopic (exact) mass is 417 g/mol. The molecule has 5 rings (SSSR count). The highest BCUT2D eigenvalue weighted by atomic mass is 35.5. The lowest BCUT2D eigenvalue weighted by Crippen LogP contribution is -2.46. The predicted octanol–water partition coefficient (Wildman–Crippen LogP) is 4.12. The van der Waals surface area contributed by atoms with Crippen LogP contribution in [0.25, 0.3) is 0 Å². The number of hydrogen-bond donors (Lipinski definition) is 0. The lowest BCUT2D eigenvalue weighted by molar-refractivity contribution is -0.141. The van der Waals surface area contributed by atoms with Crippen LogP contribution in [0, 0.1) is 5.92 Å². The molecule has 5 nitrogen and oxygen atoms in total. The molecule has 0 saturated carbocycles. The number of nitrogens with zero attached hydrogens (tertiary/aromatic N) is 1. The fourth-order valence-corrected chi connectivity index (χ4v) is 4.63. The first-order valence-electron chi connectivity index (χ1n) is 9.53. The first kappa shape index (κ1) is 18.6. The third kappa shape index (κ3) is 2.52. The maximum atomic E-state index is 13.6. The third-order valence-corrected chi connectivity index (χ3v) is 6.07. The van der Waals surface area contributed by atoms with Gasteiger partial charge in [0.2, 0.25) is 11.8 Å². The van der Waals surface area contributed by atoms with Crippen LogP contribution in [0.5, 0.6) is 5.75 Å². The molecule has 3 aromatic carbocycles. The second kappa shape index (κ2) is 6.82. The summed E-state index contributed by atoms with van der Waals surface area (Å²) in [4.78, 5) is 41.1. The largest absolute Gasteiger partial charge is 0.425 e. The van der Waals surface area contributed by atoms with Gasteiger partial charge in [-0.3, -0.25) is 19.3 Å². The van der Waals surface area contributed by atoms with Gasteiger partial charge in [-0.05, 0) is 35.9 Å². The van der Waals surface area contributed by atoms with Crippen molar-refractivity contribution in [2.24, 2.45) is 5.92 Å². The number of fused-ring (bicyclic) bond motifs is 1. The van der Waals surface area contributed by atoms with Gasteiger partial charge < -0.3 is 4.74 Å². The van der Waals surface area contributed by atoms with E-state index in [1.54, 1.807) is 72.8 Å². The van der Waals surface area contributed by atoms with E-state index in [2.05, 4.69) is 0 Å². The fraction of sp³-hybridized carbons (Fsp3) is 0.125. The standard InChI is InChI=1S/C24H16ClNO4/c25-16-12-10-15(11-13-16)24(18-8-4-5-9-20(18)30-23(24)29)19-14-21(27)26(22(19)28)17-6-2-1-3-7-17/h1-13,19H,14H2/t19-,24+/m1/s1. The Balaban J connectivity index is 1.71. The van der Waals surface area contributed by atoms with Crippen molar-refractivity contribution < 1.29 is 19.1 Å². The maximum Gasteiger partial charge on any atom is 0.327 e. The summed E-state index contributed by atoms with van der Waals surface area (Å²) in [6, 6.07) is 22.5. The Kier molecular flexibility index (Phi) is 4.22. The molecule has 0 radical (unpaired) electrons. The molecular weight excluding hydrogens is 402 g/mol. The second-order valence-electron chi connectivity index (χ2n) is 7.36. The Morgan fingerprint density at radius 3 is 2.27 bits per heavy atom. The summed E-state index contributed by atoms with van der Waals surface area (Å²) in [6.45, 7) is 0. The Morgan fingerprint density at radius 1 is 0.867 bits per heavy atom. The smallest absolute Gasteiger partial charge is 0.327 e. The van der Waals surface area contributed by atoms with Crippen LogP contribution >= 0.6 is 11.6 Å². The molecule has 0 N–H and O–H groups in total. The Morgan fingerprint density at radius 2 is 1.53 bits per heavy atom. The summed E-state index contributed by atoms with van der Waals surface area (Å²) in [5, 5.41) is 0.508. The molecule has 2 heterocycles. The molecule has 30 heavy (non-hydrogen) atoms. The quantitative estimate of drug-likeness (QED) is 0.365. The number of amides is 2. The van der Waals surface area contributed by atoms with Crippen molar-refractivity contribution in [1.29, 1.82) is 0 Å². The van der Waals surface area contributed by atoms with Gasteiger partial charge in [-0.15, -0.1) is 0 Å². The lowest BCUT2D eigenvalue weighted by Gasteiger charge is -2.31. The fourth-order valence-electron chi connectivity index (χ4n) is 4.51. The molecular formula is C24H16ClNO4. The van der Waals surface area contributed by atoms with E-state index >= 15 is 0 Å². The van der Waals surface area contributed by atoms with Crippen molar-refractivity contribution in [3.63, 3.8) is 0 Å². The van der Waals surface area contributed by atoms with Gasteiger partial charge >= 0.3 is 5.97 Å². The highest BCUT2D eigenvalue weighted by molar-refractivity contribution is 6.30. The number of benzene rings is 3. The Bertz CT molecular complexity index is 1180. The van der Waals surface area contributed by atoms with Crippen molar-refractivity contribution >= 4 is 35.1 Å². The summed E-state index contributed by atoms with van der Waals surface area (Å²) >= 11 is 6.07. The van der Waals surface area contributed by atoms with E-state index in [1.807, 2.05) is 6.07 Å². The van der Waals surface area contributed by atoms with Gasteiger partial charge in [0.15, 0.2) is 0 Å². The number of imide groups is 1. The first-order valence-corrected chi connectivity index (χ1v) is 9.91. The Hall–Kier alpha value is -3.44. The van der Waals surface area contributed by atoms with Crippen LogP contribution in [0.15, 0.2) is 78.9 Å². The lowest BCUT2D eigenvalue weighted by atomic mass is 9.66. The maximum absolute atomic E-state index is 13.6. The normalized spacial score (nSPS) is 22.9. The van der Waals surface area contributed by atoms with Crippen LogP contribution in [0.4, 0.5) is 5.69 Å². The van der Waals surface area contributed by atoms with E-state index in [-0.39, 0.29) is 12.3 Å². The SMILES string of the molecule is O=C1C[C@@H]([C@@]2(c3ccc(Cl)cc3)C(=O)Oc3ccccc32)C(=O)N1c1ccccc1. The van der Waals surface area contributed by atoms with E-state index in [0.717, 1.165) is 4.90 Å². The summed E-state index contributed by atoms with van der Waals surface area (Å²) in [7, 11) is 0. The number of hydrogen-bond acceptors (Lipinski definition) is 4. The van der Waals surface area contributed by atoms with Crippen LogP contribution in [0.2, 0.25) is 5.02 Å². The van der Waals surface area contributed by atoms with Crippen molar-refractivity contribution in [3.8, 4) is 5.75 Å². The van der Waals surface area contributed by atoms with Crippen molar-refractivity contribution in [2.45, 2.75) is 11.8 Å². The summed E-state index contributed by atoms with van der Waals surface area (Å²) < 4.78 is 5.59. The zero-order valence-electron chi connectivity index (χ0n) is 15.7. The van der Waals surface area contributed by atoms with Gasteiger partial charge in [0.25, 0.3) is 0 Å². The molecule has 2 aliphatic rings. The van der Waals surface area contributed by atoms with Crippen LogP contribution < -0.4 is 9.64 Å². The van der Waals surface area contributed by atoms with Crippen molar-refractivity contribution in [2.75, 3.05) is 4.90 Å². The van der Waals surface area contributed by atoms with Gasteiger partial charge in [0.1, 0.15) is 11.2 Å². The number of para-hydroxylation sites is 2. The minimum absolute atomic E-state index is 0.0974. The van der Waals surface area contributed by atoms with E-state index in [0.29, 0.717) is 27.6 Å². The predicted molar refractivity (Wildman–Crippen MR) is 111 cm³/mol. The molecule has 0 aromatic heterocycles. The van der Waals surface area contributed by atoms with Gasteiger partial charge in [-0.2, -0.15) is 0 Å². The van der Waals surface area contributed by atoms with E-state index in [4.69, 9.17) is 16.3 Å². The first-order chi connectivity index (χ1) is 14.5. The molecule has 1 fully saturated rings. The average molecular weight is 418 g/mol. The highest BCUT2D eigenvalue weighted by Crippen LogP contribution is 2.52. The molecule has 0 bridgehead atoms. The highest BCUT2D eigenvalue weighted by Gasteiger charge is 2.62. The molecule has 0 aliphatic carbocycles. The van der Waals surface area contributed by atoms with E-state index in [9.17, 15) is 14.4 Å². The molecule has 148 valence electrons. The zero-order chi connectivity index (χ0) is 20.9. The van der Waals surface area contributed by atoms with Gasteiger partial charge in [0, 0.05) is 17.0 Å². The third-order valence-electron chi connectivity index (χ3n) is 5.82. The molecule has 6 heteroatoms. The second-order valence-corrected chi connectivity index (χ2v) is 7.80. The number of ether oxygens (including phenoxy) is 1. The number of esters is 1. The molecule has 1 saturated heterocycles. The van der Waals surface area contributed by atoms with Crippen LogP contribution in [0.1, 0.15) is 17.5 Å². The van der Waals surface area contributed by atoms with E-state index in [1.165, 1.54) is 0 Å². The van der Waals surface area contributed by atoms with Crippen molar-refractivity contribution in [1.82, 2.24) is 0 Å². The molecule has 0 unspecified atom stereocenters. The minimum Gasteiger partial charge on any atom is -0.425 e. The summed E-state index contributed by atoms with van der Waals surface area (Å²) in [5.74, 6) is -1.86. The molecule has 2 atom stereocenters. The van der Waals surface area contributed by atoms with Gasteiger partial charge in [0.05, 0.1) is 11.6 Å². The van der Waals surface area contributed by atoms with Crippen LogP contribution in [0.3, 0.4) is 0 Å². The number of carbonyl (C=O) groups is 3. The molecule has 2 aliphatic heterocycles. The van der Waals surface area contributed by atoms with E-state index < -0.39 is 23.2 Å². The van der Waals surface area contributed by atoms with Crippen LogP contribution in [-0.2, 0) is 19.8 Å². The van der Waals surface area contributed by atoms with Crippen molar-refractivity contribution in [3.05, 3.63) is 95.0 Å². The minimum atomic E-state index is -1.42. The van der Waals surface area contributed by atoms with Gasteiger partial charge in [-0.25, -0.2) is 0 Å². The van der Waals surface area contributed by atoms with Crippen LogP contribution in [-0.4, -0.2) is 17.8 Å². The number of rotatable bonds is 3. The average Bonchev–Trinajstić information content (AvgIpc) is 3.22. The Labute approximate surface area is 177 Å². The zero-order valence-corrected chi connectivity index (χ0v) is 16.5. The molecule has 2 amide bonds. The number of carbonyl (C=O) groups excluding carboxylic acids is 3. The molecule has 0 spiro atoms. The number of anilines is 1. The topological polar surface area (TPSA) is 63.7 Å². The summed E-state index contributed by atoms with van der Waals surface area (Å²) in [6.07, 6.45) is -0.0974. The molecule has 3 aromatic rings.